The number of sulfonamides is 1. The highest BCUT2D eigenvalue weighted by Gasteiger charge is 2.19. The first-order chi connectivity index (χ1) is 12.1. The summed E-state index contributed by atoms with van der Waals surface area (Å²) in [6.45, 7) is 5.78. The van der Waals surface area contributed by atoms with Gasteiger partial charge in [0.25, 0.3) is 0 Å². The molecule has 6 nitrogen and oxygen atoms in total. The maximum Gasteiger partial charge on any atom is 0.246 e. The summed E-state index contributed by atoms with van der Waals surface area (Å²) in [6, 6.07) is 11.6. The molecule has 0 fully saturated rings. The molecule has 2 N–H and O–H groups in total. The van der Waals surface area contributed by atoms with Crippen molar-refractivity contribution < 1.29 is 13.2 Å². The van der Waals surface area contributed by atoms with Crippen LogP contribution >= 0.6 is 0 Å². The molecule has 2 aromatic rings. The first-order valence-electron chi connectivity index (χ1n) is 8.29. The Morgan fingerprint density at radius 1 is 1.08 bits per heavy atom. The lowest BCUT2D eigenvalue weighted by molar-refractivity contribution is -0.116. The van der Waals surface area contributed by atoms with Gasteiger partial charge >= 0.3 is 0 Å². The van der Waals surface area contributed by atoms with Crippen molar-refractivity contribution in [3.8, 4) is 0 Å². The number of aryl methyl sites for hydroxylation is 1. The number of hydrogen-bond donors (Lipinski definition) is 2. The van der Waals surface area contributed by atoms with Crippen LogP contribution in [0.1, 0.15) is 18.1 Å². The molecule has 7 heteroatoms. The third kappa shape index (κ3) is 4.42. The topological polar surface area (TPSA) is 78.5 Å². The minimum Gasteiger partial charge on any atom is -0.374 e. The molecule has 0 saturated carbocycles. The van der Waals surface area contributed by atoms with Gasteiger partial charge in [-0.15, -0.1) is 0 Å². The van der Waals surface area contributed by atoms with Crippen LogP contribution in [0.5, 0.6) is 0 Å². The summed E-state index contributed by atoms with van der Waals surface area (Å²) in [5.41, 5.74) is 3.57. The Bertz CT molecular complexity index is 908. The fourth-order valence-electron chi connectivity index (χ4n) is 2.40. The smallest absolute Gasteiger partial charge is 0.246 e. The molecule has 0 aliphatic heterocycles. The van der Waals surface area contributed by atoms with Crippen molar-refractivity contribution in [1.29, 1.82) is 0 Å². The minimum absolute atomic E-state index is 0.135. The number of carbonyl (C=O) groups excluding carboxylic acids is 1. The predicted octanol–water partition coefficient (Wildman–Crippen LogP) is 2.99. The summed E-state index contributed by atoms with van der Waals surface area (Å²) < 4.78 is 25.6. The molecule has 0 heterocycles. The van der Waals surface area contributed by atoms with Crippen molar-refractivity contribution in [3.63, 3.8) is 0 Å². The molecule has 0 bridgehead atoms. The third-order valence-corrected chi connectivity index (χ3v) is 6.06. The second-order valence-electron chi connectivity index (χ2n) is 6.42. The Hall–Kier alpha value is -2.38. The molecular weight excluding hydrogens is 350 g/mol. The van der Waals surface area contributed by atoms with E-state index in [1.54, 1.807) is 19.1 Å². The molecular formula is C19H25N3O3S. The van der Waals surface area contributed by atoms with Crippen LogP contribution in [-0.2, 0) is 14.8 Å². The monoisotopic (exact) mass is 375 g/mol. The van der Waals surface area contributed by atoms with E-state index in [4.69, 9.17) is 0 Å². The molecule has 0 aromatic heterocycles. The van der Waals surface area contributed by atoms with Crippen molar-refractivity contribution >= 4 is 27.3 Å². The Morgan fingerprint density at radius 2 is 1.73 bits per heavy atom. The van der Waals surface area contributed by atoms with E-state index in [9.17, 15) is 13.2 Å². The maximum absolute atomic E-state index is 12.5. The number of benzene rings is 2. The van der Waals surface area contributed by atoms with Crippen LogP contribution in [0, 0.1) is 13.8 Å². The summed E-state index contributed by atoms with van der Waals surface area (Å²) in [4.78, 5) is 12.6. The van der Waals surface area contributed by atoms with Crippen LogP contribution in [0.3, 0.4) is 0 Å². The SMILES string of the molecule is Cc1cccc(N[C@H](C)C(=O)Nc2cccc(S(=O)(=O)N(C)C)c2)c1C. The lowest BCUT2D eigenvalue weighted by Gasteiger charge is -2.18. The van der Waals surface area contributed by atoms with E-state index in [1.165, 1.54) is 26.2 Å². The molecule has 140 valence electrons. The molecule has 0 aliphatic carbocycles. The van der Waals surface area contributed by atoms with Gasteiger partial charge in [-0.2, -0.15) is 0 Å². The van der Waals surface area contributed by atoms with Crippen molar-refractivity contribution in [2.45, 2.75) is 31.7 Å². The van der Waals surface area contributed by atoms with Crippen LogP contribution in [0.2, 0.25) is 0 Å². The van der Waals surface area contributed by atoms with Crippen LogP contribution in [0.4, 0.5) is 11.4 Å². The molecule has 0 aliphatic rings. The van der Waals surface area contributed by atoms with E-state index in [0.717, 1.165) is 21.1 Å². The van der Waals surface area contributed by atoms with Gasteiger partial charge in [0, 0.05) is 25.5 Å². The Labute approximate surface area is 155 Å². The Morgan fingerprint density at radius 3 is 2.38 bits per heavy atom. The third-order valence-electron chi connectivity index (χ3n) is 4.25. The normalized spacial score (nSPS) is 12.7. The van der Waals surface area contributed by atoms with Crippen LogP contribution in [-0.4, -0.2) is 38.8 Å². The number of anilines is 2. The number of nitrogens with zero attached hydrogens (tertiary/aromatic N) is 1. The van der Waals surface area contributed by atoms with Gasteiger partial charge in [-0.3, -0.25) is 4.79 Å². The second-order valence-corrected chi connectivity index (χ2v) is 8.57. The summed E-state index contributed by atoms with van der Waals surface area (Å²) in [6.07, 6.45) is 0. The van der Waals surface area contributed by atoms with Gasteiger partial charge in [-0.05, 0) is 56.2 Å². The highest BCUT2D eigenvalue weighted by molar-refractivity contribution is 7.89. The summed E-state index contributed by atoms with van der Waals surface area (Å²) in [7, 11) is -0.610. The fraction of sp³-hybridized carbons (Fsp3) is 0.316. The number of hydrogen-bond acceptors (Lipinski definition) is 4. The summed E-state index contributed by atoms with van der Waals surface area (Å²) in [5.74, 6) is -0.245. The summed E-state index contributed by atoms with van der Waals surface area (Å²) in [5, 5.41) is 5.96. The van der Waals surface area contributed by atoms with E-state index >= 15 is 0 Å². The van der Waals surface area contributed by atoms with Gasteiger partial charge < -0.3 is 10.6 Å². The van der Waals surface area contributed by atoms with Crippen molar-refractivity contribution in [1.82, 2.24) is 4.31 Å². The standard InChI is InChI=1S/C19H25N3O3S/c1-13-8-6-11-18(14(13)2)20-15(3)19(23)21-16-9-7-10-17(12-16)26(24,25)22(4)5/h6-12,15,20H,1-5H3,(H,21,23)/t15-/m1/s1. The molecule has 0 spiro atoms. The number of rotatable bonds is 6. The molecule has 0 radical (unpaired) electrons. The minimum atomic E-state index is -3.55. The molecule has 0 unspecified atom stereocenters. The van der Waals surface area contributed by atoms with Crippen molar-refractivity contribution in [2.75, 3.05) is 24.7 Å². The van der Waals surface area contributed by atoms with E-state index in [2.05, 4.69) is 10.6 Å². The molecule has 0 saturated heterocycles. The van der Waals surface area contributed by atoms with Gasteiger partial charge in [0.05, 0.1) is 4.90 Å². The molecule has 2 aromatic carbocycles. The molecule has 26 heavy (non-hydrogen) atoms. The zero-order valence-corrected chi connectivity index (χ0v) is 16.5. The van der Waals surface area contributed by atoms with Gasteiger partial charge in [0.15, 0.2) is 0 Å². The second kappa shape index (κ2) is 7.88. The lowest BCUT2D eigenvalue weighted by atomic mass is 10.1. The zero-order valence-electron chi connectivity index (χ0n) is 15.7. The van der Waals surface area contributed by atoms with E-state index < -0.39 is 16.1 Å². The average molecular weight is 375 g/mol. The zero-order chi connectivity index (χ0) is 19.5. The van der Waals surface area contributed by atoms with Gasteiger partial charge in [-0.1, -0.05) is 18.2 Å². The van der Waals surface area contributed by atoms with Gasteiger partial charge in [-0.25, -0.2) is 12.7 Å². The van der Waals surface area contributed by atoms with Crippen molar-refractivity contribution in [2.24, 2.45) is 0 Å². The van der Waals surface area contributed by atoms with E-state index in [0.29, 0.717) is 5.69 Å². The lowest BCUT2D eigenvalue weighted by Crippen LogP contribution is -2.32. The molecule has 2 rings (SSSR count). The van der Waals surface area contributed by atoms with Crippen molar-refractivity contribution in [3.05, 3.63) is 53.6 Å². The highest BCUT2D eigenvalue weighted by Crippen LogP contribution is 2.20. The largest absolute Gasteiger partial charge is 0.374 e. The summed E-state index contributed by atoms with van der Waals surface area (Å²) >= 11 is 0. The van der Waals surface area contributed by atoms with Gasteiger partial charge in [0.1, 0.15) is 6.04 Å². The van der Waals surface area contributed by atoms with Gasteiger partial charge in [0.2, 0.25) is 15.9 Å². The van der Waals surface area contributed by atoms with Crippen LogP contribution in [0.15, 0.2) is 47.4 Å². The highest BCUT2D eigenvalue weighted by atomic mass is 32.2. The number of carbonyl (C=O) groups is 1. The molecule has 1 atom stereocenters. The van der Waals surface area contributed by atoms with E-state index in [1.807, 2.05) is 32.0 Å². The first kappa shape index (κ1) is 19.9. The average Bonchev–Trinajstić information content (AvgIpc) is 2.59. The predicted molar refractivity (Wildman–Crippen MR) is 105 cm³/mol. The maximum atomic E-state index is 12.5. The van der Waals surface area contributed by atoms with Crippen LogP contribution in [0.25, 0.3) is 0 Å². The Kier molecular flexibility index (Phi) is 6.05. The van der Waals surface area contributed by atoms with Crippen LogP contribution < -0.4 is 10.6 Å². The fourth-order valence-corrected chi connectivity index (χ4v) is 3.35. The Balaban J connectivity index is 2.13. The quantitative estimate of drug-likeness (QED) is 0.814. The molecule has 1 amide bonds. The van der Waals surface area contributed by atoms with E-state index in [-0.39, 0.29) is 10.8 Å². The number of amides is 1. The first-order valence-corrected chi connectivity index (χ1v) is 9.73. The number of nitrogens with one attached hydrogen (secondary N) is 2.